The number of carbonyl (C=O) groups is 1. The minimum atomic E-state index is 0.161. The van der Waals surface area contributed by atoms with Gasteiger partial charge in [0.2, 0.25) is 5.91 Å². The van der Waals surface area contributed by atoms with Crippen LogP contribution in [0.3, 0.4) is 0 Å². The molecule has 1 aromatic carbocycles. The summed E-state index contributed by atoms with van der Waals surface area (Å²) in [5, 5.41) is 7.50. The van der Waals surface area contributed by atoms with Gasteiger partial charge >= 0.3 is 0 Å². The van der Waals surface area contributed by atoms with Crippen molar-refractivity contribution in [3.8, 4) is 5.69 Å². The van der Waals surface area contributed by atoms with E-state index in [4.69, 9.17) is 0 Å². The van der Waals surface area contributed by atoms with E-state index in [9.17, 15) is 4.79 Å². The summed E-state index contributed by atoms with van der Waals surface area (Å²) in [6, 6.07) is 10.4. The van der Waals surface area contributed by atoms with Gasteiger partial charge in [0.05, 0.1) is 12.2 Å². The summed E-state index contributed by atoms with van der Waals surface area (Å²) < 4.78 is 1.84. The summed E-state index contributed by atoms with van der Waals surface area (Å²) in [7, 11) is 1.89. The molecule has 3 rings (SSSR count). The highest BCUT2D eigenvalue weighted by Crippen LogP contribution is 2.25. The Bertz CT molecular complexity index is 604. The number of rotatable bonds is 6. The molecule has 1 heterocycles. The van der Waals surface area contributed by atoms with Crippen molar-refractivity contribution in [3.63, 3.8) is 0 Å². The Labute approximate surface area is 124 Å². The van der Waals surface area contributed by atoms with Crippen LogP contribution < -0.4 is 5.32 Å². The summed E-state index contributed by atoms with van der Waals surface area (Å²) in [5.41, 5.74) is 2.17. The van der Waals surface area contributed by atoms with Gasteiger partial charge in [0.1, 0.15) is 0 Å². The van der Waals surface area contributed by atoms with Gasteiger partial charge in [0.25, 0.3) is 0 Å². The maximum atomic E-state index is 12.0. The fraction of sp³-hybridized carbons (Fsp3) is 0.375. The highest BCUT2D eigenvalue weighted by molar-refractivity contribution is 5.78. The van der Waals surface area contributed by atoms with E-state index in [1.165, 1.54) is 0 Å². The smallest absolute Gasteiger partial charge is 0.236 e. The third-order valence-electron chi connectivity index (χ3n) is 3.82. The molecule has 1 aromatic heterocycles. The van der Waals surface area contributed by atoms with Crippen LogP contribution in [0.4, 0.5) is 0 Å². The molecule has 0 unspecified atom stereocenters. The fourth-order valence-corrected chi connectivity index (χ4v) is 2.39. The molecule has 0 saturated heterocycles. The Kier molecular flexibility index (Phi) is 4.01. The van der Waals surface area contributed by atoms with Crippen molar-refractivity contribution < 1.29 is 4.79 Å². The minimum absolute atomic E-state index is 0.161. The molecule has 0 atom stereocenters. The molecule has 0 radical (unpaired) electrons. The number of hydrogen-bond donors (Lipinski definition) is 1. The average molecular weight is 284 g/mol. The van der Waals surface area contributed by atoms with E-state index in [-0.39, 0.29) is 5.91 Å². The zero-order chi connectivity index (χ0) is 14.7. The molecule has 0 aliphatic heterocycles. The van der Waals surface area contributed by atoms with Crippen LogP contribution in [0.5, 0.6) is 0 Å². The number of hydrogen-bond acceptors (Lipinski definition) is 3. The number of amides is 1. The molecule has 21 heavy (non-hydrogen) atoms. The normalized spacial score (nSPS) is 14.1. The Morgan fingerprint density at radius 3 is 2.90 bits per heavy atom. The predicted molar refractivity (Wildman–Crippen MR) is 81.1 cm³/mol. The molecular weight excluding hydrogens is 264 g/mol. The van der Waals surface area contributed by atoms with Crippen LogP contribution in [0.25, 0.3) is 5.69 Å². The average Bonchev–Trinajstić information content (AvgIpc) is 3.22. The summed E-state index contributed by atoms with van der Waals surface area (Å²) >= 11 is 0. The quantitative estimate of drug-likeness (QED) is 0.876. The lowest BCUT2D eigenvalue weighted by Gasteiger charge is -2.17. The number of nitrogens with one attached hydrogen (secondary N) is 1. The number of benzene rings is 1. The summed E-state index contributed by atoms with van der Waals surface area (Å²) in [6.45, 7) is 1.03. The number of para-hydroxylation sites is 1. The molecule has 5 heteroatoms. The molecule has 2 aromatic rings. The van der Waals surface area contributed by atoms with Crippen LogP contribution in [0.15, 0.2) is 42.7 Å². The lowest BCUT2D eigenvalue weighted by molar-refractivity contribution is -0.129. The van der Waals surface area contributed by atoms with Gasteiger partial charge in [-0.25, -0.2) is 4.68 Å². The third-order valence-corrected chi connectivity index (χ3v) is 3.82. The molecular formula is C16H20N4O. The van der Waals surface area contributed by atoms with Crippen molar-refractivity contribution in [1.82, 2.24) is 20.0 Å². The molecule has 1 aliphatic carbocycles. The van der Waals surface area contributed by atoms with Gasteiger partial charge in [0, 0.05) is 32.0 Å². The Hall–Kier alpha value is -2.14. The zero-order valence-electron chi connectivity index (χ0n) is 12.2. The maximum absolute atomic E-state index is 12.0. The van der Waals surface area contributed by atoms with E-state index in [0.29, 0.717) is 19.1 Å². The van der Waals surface area contributed by atoms with Gasteiger partial charge in [-0.1, -0.05) is 18.2 Å². The second-order valence-electron chi connectivity index (χ2n) is 5.42. The van der Waals surface area contributed by atoms with Crippen LogP contribution in [0.1, 0.15) is 18.4 Å². The van der Waals surface area contributed by atoms with E-state index in [1.807, 2.05) is 47.1 Å². The first-order chi connectivity index (χ1) is 10.3. The first kappa shape index (κ1) is 13.8. The molecule has 0 spiro atoms. The fourth-order valence-electron chi connectivity index (χ4n) is 2.39. The third kappa shape index (κ3) is 3.31. The summed E-state index contributed by atoms with van der Waals surface area (Å²) in [4.78, 5) is 13.8. The van der Waals surface area contributed by atoms with Crippen molar-refractivity contribution in [2.75, 3.05) is 13.6 Å². The largest absolute Gasteiger partial charge is 0.342 e. The van der Waals surface area contributed by atoms with Gasteiger partial charge in [-0.05, 0) is 30.5 Å². The predicted octanol–water partition coefficient (Wildman–Crippen LogP) is 1.58. The first-order valence-corrected chi connectivity index (χ1v) is 7.30. The molecule has 1 N–H and O–H groups in total. The van der Waals surface area contributed by atoms with Crippen LogP contribution in [-0.2, 0) is 11.3 Å². The minimum Gasteiger partial charge on any atom is -0.342 e. The van der Waals surface area contributed by atoms with E-state index < -0.39 is 0 Å². The van der Waals surface area contributed by atoms with Crippen molar-refractivity contribution >= 4 is 5.91 Å². The number of nitrogens with zero attached hydrogens (tertiary/aromatic N) is 3. The van der Waals surface area contributed by atoms with Gasteiger partial charge in [0.15, 0.2) is 0 Å². The monoisotopic (exact) mass is 284 g/mol. The maximum Gasteiger partial charge on any atom is 0.236 e. The molecule has 1 aliphatic rings. The second-order valence-corrected chi connectivity index (χ2v) is 5.42. The van der Waals surface area contributed by atoms with Crippen LogP contribution in [0.2, 0.25) is 0 Å². The molecule has 1 amide bonds. The summed E-state index contributed by atoms with van der Waals surface area (Å²) in [6.07, 6.45) is 5.97. The van der Waals surface area contributed by atoms with E-state index in [0.717, 1.165) is 24.1 Å². The first-order valence-electron chi connectivity index (χ1n) is 7.30. The van der Waals surface area contributed by atoms with Gasteiger partial charge < -0.3 is 10.2 Å². The zero-order valence-corrected chi connectivity index (χ0v) is 12.2. The van der Waals surface area contributed by atoms with Crippen molar-refractivity contribution in [1.29, 1.82) is 0 Å². The molecule has 5 nitrogen and oxygen atoms in total. The number of carbonyl (C=O) groups excluding carboxylic acids is 1. The highest BCUT2D eigenvalue weighted by Gasteiger charge is 2.28. The summed E-state index contributed by atoms with van der Waals surface area (Å²) in [5.74, 6) is 0.161. The van der Waals surface area contributed by atoms with Crippen LogP contribution >= 0.6 is 0 Å². The Balaban J connectivity index is 1.59. The lowest BCUT2D eigenvalue weighted by Crippen LogP contribution is -2.36. The molecule has 110 valence electrons. The SMILES string of the molecule is CN(C(=O)CNCc1ccccc1-n1cccn1)C1CC1. The van der Waals surface area contributed by atoms with Crippen molar-refractivity contribution in [2.45, 2.75) is 25.4 Å². The van der Waals surface area contributed by atoms with Crippen molar-refractivity contribution in [2.24, 2.45) is 0 Å². The van der Waals surface area contributed by atoms with Crippen molar-refractivity contribution in [3.05, 3.63) is 48.3 Å². The highest BCUT2D eigenvalue weighted by atomic mass is 16.2. The number of aromatic nitrogens is 2. The van der Waals surface area contributed by atoms with Gasteiger partial charge in [-0.15, -0.1) is 0 Å². The van der Waals surface area contributed by atoms with Gasteiger partial charge in [-0.2, -0.15) is 5.10 Å². The topological polar surface area (TPSA) is 50.2 Å². The lowest BCUT2D eigenvalue weighted by atomic mass is 10.2. The van der Waals surface area contributed by atoms with Crippen LogP contribution in [0, 0.1) is 0 Å². The Morgan fingerprint density at radius 1 is 1.38 bits per heavy atom. The molecule has 1 fully saturated rings. The molecule has 0 bridgehead atoms. The number of likely N-dealkylation sites (N-methyl/N-ethyl adjacent to an activating group) is 1. The second kappa shape index (κ2) is 6.10. The molecule has 1 saturated carbocycles. The van der Waals surface area contributed by atoms with E-state index in [1.54, 1.807) is 6.20 Å². The van der Waals surface area contributed by atoms with E-state index >= 15 is 0 Å². The Morgan fingerprint density at radius 2 is 2.19 bits per heavy atom. The van der Waals surface area contributed by atoms with Gasteiger partial charge in [-0.3, -0.25) is 4.79 Å². The van der Waals surface area contributed by atoms with E-state index in [2.05, 4.69) is 16.5 Å². The van der Waals surface area contributed by atoms with Crippen LogP contribution in [-0.4, -0.2) is 40.2 Å². The standard InChI is InChI=1S/C16H20N4O/c1-19(14-7-8-14)16(21)12-17-11-13-5-2-3-6-15(13)20-10-4-9-18-20/h2-6,9-10,14,17H,7-8,11-12H2,1H3.